The van der Waals surface area contributed by atoms with Crippen LogP contribution in [0.2, 0.25) is 0 Å². The van der Waals surface area contributed by atoms with Gasteiger partial charge in [-0.05, 0) is 30.7 Å². The molecule has 1 heterocycles. The van der Waals surface area contributed by atoms with Crippen LogP contribution in [0.25, 0.3) is 10.6 Å². The molecule has 0 saturated heterocycles. The summed E-state index contributed by atoms with van der Waals surface area (Å²) >= 11 is 1.59. The minimum absolute atomic E-state index is 0.267. The van der Waals surface area contributed by atoms with Crippen LogP contribution in [-0.2, 0) is 6.42 Å². The summed E-state index contributed by atoms with van der Waals surface area (Å²) in [5.74, 6) is -0.664. The zero-order valence-electron chi connectivity index (χ0n) is 13.3. The number of carbonyl (C=O) groups is 1. The maximum absolute atomic E-state index is 13.4. The van der Waals surface area contributed by atoms with Gasteiger partial charge < -0.3 is 5.32 Å². The second-order valence-corrected chi connectivity index (χ2v) is 6.39. The van der Waals surface area contributed by atoms with Crippen molar-refractivity contribution in [3.63, 3.8) is 0 Å². The van der Waals surface area contributed by atoms with Gasteiger partial charge in [-0.3, -0.25) is 4.79 Å². The molecule has 0 bridgehead atoms. The Morgan fingerprint density at radius 3 is 2.75 bits per heavy atom. The van der Waals surface area contributed by atoms with Crippen molar-refractivity contribution >= 4 is 17.2 Å². The Labute approximate surface area is 144 Å². The summed E-state index contributed by atoms with van der Waals surface area (Å²) in [5, 5.41) is 5.78. The Morgan fingerprint density at radius 2 is 2.00 bits per heavy atom. The Kier molecular flexibility index (Phi) is 5.01. The first-order valence-electron chi connectivity index (χ1n) is 7.67. The van der Waals surface area contributed by atoms with E-state index in [1.54, 1.807) is 24.3 Å². The average Bonchev–Trinajstić information content (AvgIpc) is 3.03. The summed E-state index contributed by atoms with van der Waals surface area (Å²) in [6.45, 7) is 2.23. The molecule has 3 rings (SSSR count). The van der Waals surface area contributed by atoms with Crippen molar-refractivity contribution in [2.45, 2.75) is 13.3 Å². The number of nitrogens with zero attached hydrogens (tertiary/aromatic N) is 1. The molecule has 2 aromatic carbocycles. The van der Waals surface area contributed by atoms with Crippen LogP contribution in [0.15, 0.2) is 53.9 Å². The molecule has 3 nitrogen and oxygen atoms in total. The molecule has 3 aromatic rings. The van der Waals surface area contributed by atoms with Gasteiger partial charge >= 0.3 is 0 Å². The number of hydrogen-bond acceptors (Lipinski definition) is 3. The molecule has 0 spiro atoms. The van der Waals surface area contributed by atoms with Crippen molar-refractivity contribution in [3.05, 3.63) is 76.5 Å². The molecule has 24 heavy (non-hydrogen) atoms. The smallest absolute Gasteiger partial charge is 0.251 e. The molecule has 0 aliphatic heterocycles. The summed E-state index contributed by atoms with van der Waals surface area (Å²) < 4.78 is 13.4. The van der Waals surface area contributed by atoms with Crippen LogP contribution in [0.4, 0.5) is 4.39 Å². The number of amides is 1. The second-order valence-electron chi connectivity index (χ2n) is 5.53. The van der Waals surface area contributed by atoms with E-state index in [9.17, 15) is 9.18 Å². The van der Waals surface area contributed by atoms with Gasteiger partial charge in [0.25, 0.3) is 5.91 Å². The maximum atomic E-state index is 13.4. The molecule has 1 aromatic heterocycles. The fourth-order valence-corrected chi connectivity index (χ4v) is 3.27. The topological polar surface area (TPSA) is 42.0 Å². The molecule has 0 atom stereocenters. The molecule has 0 radical (unpaired) electrons. The van der Waals surface area contributed by atoms with Crippen molar-refractivity contribution in [1.29, 1.82) is 0 Å². The van der Waals surface area contributed by atoms with Gasteiger partial charge in [0.05, 0.1) is 5.69 Å². The van der Waals surface area contributed by atoms with Gasteiger partial charge in [0.2, 0.25) is 0 Å². The number of nitrogens with one attached hydrogen (secondary N) is 1. The zero-order valence-corrected chi connectivity index (χ0v) is 14.1. The third kappa shape index (κ3) is 4.06. The predicted octanol–water partition coefficient (Wildman–Crippen LogP) is 4.23. The first-order valence-corrected chi connectivity index (χ1v) is 8.55. The number of aryl methyl sites for hydroxylation is 1. The molecule has 0 unspecified atom stereocenters. The largest absolute Gasteiger partial charge is 0.352 e. The average molecular weight is 340 g/mol. The van der Waals surface area contributed by atoms with Crippen molar-refractivity contribution < 1.29 is 9.18 Å². The molecular formula is C19H17FN2OS. The third-order valence-electron chi connectivity index (χ3n) is 3.54. The van der Waals surface area contributed by atoms with Gasteiger partial charge in [-0.15, -0.1) is 11.3 Å². The second kappa shape index (κ2) is 7.36. The van der Waals surface area contributed by atoms with Crippen LogP contribution in [-0.4, -0.2) is 17.4 Å². The van der Waals surface area contributed by atoms with Crippen LogP contribution in [0.3, 0.4) is 0 Å². The number of rotatable bonds is 5. The van der Waals surface area contributed by atoms with Gasteiger partial charge in [0, 0.05) is 29.5 Å². The maximum Gasteiger partial charge on any atom is 0.251 e. The van der Waals surface area contributed by atoms with Gasteiger partial charge in [0.1, 0.15) is 10.8 Å². The van der Waals surface area contributed by atoms with Crippen molar-refractivity contribution in [1.82, 2.24) is 10.3 Å². The van der Waals surface area contributed by atoms with E-state index < -0.39 is 5.82 Å². The summed E-state index contributed by atoms with van der Waals surface area (Å²) in [4.78, 5) is 16.7. The number of thiazole rings is 1. The highest BCUT2D eigenvalue weighted by molar-refractivity contribution is 7.13. The molecule has 0 fully saturated rings. The van der Waals surface area contributed by atoms with E-state index in [1.807, 2.05) is 35.7 Å². The first-order chi connectivity index (χ1) is 11.6. The van der Waals surface area contributed by atoms with Crippen LogP contribution in [0.5, 0.6) is 0 Å². The van der Waals surface area contributed by atoms with E-state index in [2.05, 4.69) is 10.3 Å². The third-order valence-corrected chi connectivity index (χ3v) is 4.48. The standard InChI is InChI=1S/C19H17FN2OS/c1-13-9-15(11-16(20)10-13)18(23)21-8-7-17-12-24-19(22-17)14-5-3-2-4-6-14/h2-6,9-12H,7-8H2,1H3,(H,21,23). The lowest BCUT2D eigenvalue weighted by Gasteiger charge is -2.05. The van der Waals surface area contributed by atoms with E-state index in [1.165, 1.54) is 12.1 Å². The van der Waals surface area contributed by atoms with Gasteiger partial charge in [-0.25, -0.2) is 9.37 Å². The molecule has 1 amide bonds. The minimum Gasteiger partial charge on any atom is -0.352 e. The van der Waals surface area contributed by atoms with Gasteiger partial charge in [0.15, 0.2) is 0 Å². The Hall–Kier alpha value is -2.53. The monoisotopic (exact) mass is 340 g/mol. The van der Waals surface area contributed by atoms with Crippen molar-refractivity contribution in [2.75, 3.05) is 6.54 Å². The lowest BCUT2D eigenvalue weighted by molar-refractivity contribution is 0.0953. The SMILES string of the molecule is Cc1cc(F)cc(C(=O)NCCc2csc(-c3ccccc3)n2)c1. The van der Waals surface area contributed by atoms with Gasteiger partial charge in [-0.2, -0.15) is 0 Å². The lowest BCUT2D eigenvalue weighted by atomic mass is 10.1. The van der Waals surface area contributed by atoms with Crippen LogP contribution in [0.1, 0.15) is 21.6 Å². The molecular weight excluding hydrogens is 323 g/mol. The summed E-state index contributed by atoms with van der Waals surface area (Å²) in [6.07, 6.45) is 0.642. The lowest BCUT2D eigenvalue weighted by Crippen LogP contribution is -2.25. The van der Waals surface area contributed by atoms with Crippen molar-refractivity contribution in [3.8, 4) is 10.6 Å². The first kappa shape index (κ1) is 16.3. The minimum atomic E-state index is -0.396. The molecule has 0 aliphatic rings. The number of hydrogen-bond donors (Lipinski definition) is 1. The quantitative estimate of drug-likeness (QED) is 0.755. The fraction of sp³-hybridized carbons (Fsp3) is 0.158. The van der Waals surface area contributed by atoms with E-state index in [4.69, 9.17) is 0 Å². The van der Waals surface area contributed by atoms with Gasteiger partial charge in [-0.1, -0.05) is 30.3 Å². The highest BCUT2D eigenvalue weighted by Gasteiger charge is 2.08. The number of aromatic nitrogens is 1. The highest BCUT2D eigenvalue weighted by atomic mass is 32.1. The zero-order chi connectivity index (χ0) is 16.9. The highest BCUT2D eigenvalue weighted by Crippen LogP contribution is 2.23. The Balaban J connectivity index is 1.57. The van der Waals surface area contributed by atoms with Crippen LogP contribution in [0, 0.1) is 12.7 Å². The molecule has 5 heteroatoms. The van der Waals surface area contributed by atoms with E-state index >= 15 is 0 Å². The van der Waals surface area contributed by atoms with E-state index in [-0.39, 0.29) is 5.91 Å². The number of carbonyl (C=O) groups excluding carboxylic acids is 1. The van der Waals surface area contributed by atoms with Crippen LogP contribution < -0.4 is 5.32 Å². The van der Waals surface area contributed by atoms with E-state index in [0.717, 1.165) is 21.8 Å². The fourth-order valence-electron chi connectivity index (χ4n) is 2.41. The molecule has 122 valence electrons. The van der Waals surface area contributed by atoms with E-state index in [0.29, 0.717) is 18.5 Å². The molecule has 1 N–H and O–H groups in total. The summed E-state index contributed by atoms with van der Waals surface area (Å²) in [6, 6.07) is 14.3. The van der Waals surface area contributed by atoms with Crippen molar-refractivity contribution in [2.24, 2.45) is 0 Å². The normalized spacial score (nSPS) is 10.6. The Morgan fingerprint density at radius 1 is 1.21 bits per heavy atom. The number of halogens is 1. The molecule has 0 aliphatic carbocycles. The number of benzene rings is 2. The summed E-state index contributed by atoms with van der Waals surface area (Å²) in [7, 11) is 0. The van der Waals surface area contributed by atoms with Crippen LogP contribution >= 0.6 is 11.3 Å². The predicted molar refractivity (Wildman–Crippen MR) is 94.7 cm³/mol. The Bertz CT molecular complexity index is 825. The summed E-state index contributed by atoms with van der Waals surface area (Å²) in [5.41, 5.74) is 3.10. The molecule has 0 saturated carbocycles.